The van der Waals surface area contributed by atoms with Crippen LogP contribution in [0, 0.1) is 5.92 Å². The molecule has 0 N–H and O–H groups in total. The second-order valence-electron chi connectivity index (χ2n) is 9.19. The van der Waals surface area contributed by atoms with Gasteiger partial charge in [0.2, 0.25) is 0 Å². The van der Waals surface area contributed by atoms with Gasteiger partial charge in [-0.15, -0.1) is 0 Å². The van der Waals surface area contributed by atoms with Crippen LogP contribution in [0.2, 0.25) is 0 Å². The van der Waals surface area contributed by atoms with Crippen molar-refractivity contribution in [1.82, 2.24) is 0 Å². The Morgan fingerprint density at radius 2 is 1.67 bits per heavy atom. The van der Waals surface area contributed by atoms with Crippen molar-refractivity contribution in [3.8, 4) is 11.1 Å². The Morgan fingerprint density at radius 1 is 0.879 bits per heavy atom. The van der Waals surface area contributed by atoms with Gasteiger partial charge in [-0.2, -0.15) is 0 Å². The molecular formula is C29H28Cl2OZr. The maximum Gasteiger partial charge on any atom is -1.00 e. The van der Waals surface area contributed by atoms with Crippen LogP contribution in [0.3, 0.4) is 0 Å². The number of hydrogen-bond acceptors (Lipinski definition) is 1. The summed E-state index contributed by atoms with van der Waals surface area (Å²) in [5, 5.41) is 0. The van der Waals surface area contributed by atoms with Crippen LogP contribution in [0.5, 0.6) is 0 Å². The topological polar surface area (TPSA) is 13.1 Å². The number of furan rings is 1. The zero-order valence-corrected chi connectivity index (χ0v) is 22.9. The SMILES string of the molecule is CC1C=CC(c2ccoc2)=[C]1[Zr+2](=[C]1CCCCC1)[c]1cccc2c1Cc1ccccc1-2.[Cl-].[Cl-]. The van der Waals surface area contributed by atoms with Crippen molar-refractivity contribution in [3.63, 3.8) is 0 Å². The fraction of sp³-hybridized carbons (Fsp3) is 0.276. The van der Waals surface area contributed by atoms with Crippen LogP contribution in [0.1, 0.15) is 55.7 Å². The van der Waals surface area contributed by atoms with Gasteiger partial charge >= 0.3 is 193 Å². The Bertz CT molecular complexity index is 1240. The molecule has 0 aliphatic heterocycles. The number of fused-ring (bicyclic) bond motifs is 3. The predicted octanol–water partition coefficient (Wildman–Crippen LogP) is 0.856. The van der Waals surface area contributed by atoms with E-state index in [0.717, 1.165) is 6.42 Å². The van der Waals surface area contributed by atoms with E-state index in [2.05, 4.69) is 67.6 Å². The number of allylic oxidation sites excluding steroid dienone is 4. The Kier molecular flexibility index (Phi) is 7.79. The summed E-state index contributed by atoms with van der Waals surface area (Å²) in [6, 6.07) is 18.4. The Morgan fingerprint density at radius 3 is 2.45 bits per heavy atom. The molecule has 4 heteroatoms. The molecule has 3 aliphatic carbocycles. The van der Waals surface area contributed by atoms with Crippen molar-refractivity contribution in [1.29, 1.82) is 0 Å². The molecule has 0 bridgehead atoms. The normalized spacial score (nSPS) is 18.2. The minimum Gasteiger partial charge on any atom is -1.00 e. The zero-order valence-electron chi connectivity index (χ0n) is 18.9. The number of hydrogen-bond donors (Lipinski definition) is 0. The average Bonchev–Trinajstić information content (AvgIpc) is 3.54. The second kappa shape index (κ2) is 10.4. The molecule has 0 amide bonds. The third-order valence-electron chi connectivity index (χ3n) is 7.33. The van der Waals surface area contributed by atoms with Crippen molar-refractivity contribution in [2.24, 2.45) is 5.92 Å². The van der Waals surface area contributed by atoms with Gasteiger partial charge < -0.3 is 24.8 Å². The van der Waals surface area contributed by atoms with Gasteiger partial charge in [0.1, 0.15) is 0 Å². The first-order valence-electron chi connectivity index (χ1n) is 11.7. The van der Waals surface area contributed by atoms with E-state index in [0.29, 0.717) is 5.92 Å². The summed E-state index contributed by atoms with van der Waals surface area (Å²) >= 11 is -2.25. The van der Waals surface area contributed by atoms with E-state index in [-0.39, 0.29) is 24.8 Å². The van der Waals surface area contributed by atoms with Crippen LogP contribution in [-0.4, -0.2) is 3.21 Å². The molecule has 1 saturated carbocycles. The molecule has 1 fully saturated rings. The van der Waals surface area contributed by atoms with Gasteiger partial charge in [-0.05, 0) is 0 Å². The molecular weight excluding hydrogens is 526 g/mol. The van der Waals surface area contributed by atoms with E-state index in [4.69, 9.17) is 4.42 Å². The quantitative estimate of drug-likeness (QED) is 0.366. The van der Waals surface area contributed by atoms with Crippen molar-refractivity contribution < 1.29 is 50.5 Å². The van der Waals surface area contributed by atoms with Crippen molar-refractivity contribution in [2.75, 3.05) is 0 Å². The summed E-state index contributed by atoms with van der Waals surface area (Å²) in [6.45, 7) is 2.42. The van der Waals surface area contributed by atoms with Crippen LogP contribution in [0.25, 0.3) is 16.7 Å². The van der Waals surface area contributed by atoms with Gasteiger partial charge in [0.25, 0.3) is 0 Å². The van der Waals surface area contributed by atoms with Gasteiger partial charge in [0, 0.05) is 0 Å². The number of rotatable bonds is 3. The first kappa shape index (κ1) is 24.7. The summed E-state index contributed by atoms with van der Waals surface area (Å²) in [5.41, 5.74) is 8.81. The van der Waals surface area contributed by atoms with E-state index in [1.54, 1.807) is 12.1 Å². The standard InChI is InChI=1S/C13H9.C10H9O.C6H10.2ClH.Zr/c1-3-7-12-10(5-1)9-11-6-2-4-8-13(11)12;1-8-2-3-9(6-8)10-4-5-11-7-10;1-2-4-6-5-3-1;;;/h1-5,7-8H,9H2;2-5,7-8H,1H3;1-5H2;2*1H;/q;;;;;+2/p-2. The van der Waals surface area contributed by atoms with Gasteiger partial charge in [-0.3, -0.25) is 0 Å². The molecule has 3 aromatic rings. The molecule has 1 heterocycles. The minimum atomic E-state index is -2.25. The second-order valence-corrected chi connectivity index (χ2v) is 15.4. The maximum atomic E-state index is 5.50. The molecule has 3 aliphatic rings. The van der Waals surface area contributed by atoms with E-state index < -0.39 is 21.3 Å². The molecule has 168 valence electrons. The van der Waals surface area contributed by atoms with Crippen LogP contribution in [-0.2, 0) is 27.7 Å². The molecule has 2 aromatic carbocycles. The van der Waals surface area contributed by atoms with Gasteiger partial charge in [0.05, 0.1) is 0 Å². The number of halogens is 2. The van der Waals surface area contributed by atoms with Crippen molar-refractivity contribution in [3.05, 3.63) is 93.2 Å². The fourth-order valence-electron chi connectivity index (χ4n) is 5.85. The van der Waals surface area contributed by atoms with Crippen LogP contribution in [0.15, 0.2) is 80.9 Å². The molecule has 33 heavy (non-hydrogen) atoms. The van der Waals surface area contributed by atoms with Crippen molar-refractivity contribution >= 4 is 12.1 Å². The minimum absolute atomic E-state index is 0. The summed E-state index contributed by atoms with van der Waals surface area (Å²) in [4.78, 5) is 0. The Hall–Kier alpha value is -1.47. The first-order valence-corrected chi connectivity index (χ1v) is 15.4. The summed E-state index contributed by atoms with van der Waals surface area (Å²) in [6.07, 6.45) is 16.5. The predicted molar refractivity (Wildman–Crippen MR) is 126 cm³/mol. The van der Waals surface area contributed by atoms with Gasteiger partial charge in [-0.1, -0.05) is 0 Å². The Labute approximate surface area is 217 Å². The monoisotopic (exact) mass is 552 g/mol. The molecule has 0 radical (unpaired) electrons. The van der Waals surface area contributed by atoms with Gasteiger partial charge in [0.15, 0.2) is 0 Å². The molecule has 1 nitrogen and oxygen atoms in total. The third-order valence-corrected chi connectivity index (χ3v) is 15.9. The molecule has 1 atom stereocenters. The number of benzene rings is 2. The molecule has 0 saturated heterocycles. The summed E-state index contributed by atoms with van der Waals surface area (Å²) in [7, 11) is 0. The van der Waals surface area contributed by atoms with E-state index in [1.807, 2.05) is 15.7 Å². The molecule has 0 spiro atoms. The summed E-state index contributed by atoms with van der Waals surface area (Å²) in [5.74, 6) is 0.536. The Balaban J connectivity index is 0.00000130. The first-order chi connectivity index (χ1) is 15.3. The fourth-order valence-corrected chi connectivity index (χ4v) is 15.0. The molecule has 6 rings (SSSR count). The van der Waals surface area contributed by atoms with Crippen LogP contribution >= 0.6 is 0 Å². The smallest absolute Gasteiger partial charge is 1.00 e. The van der Waals surface area contributed by atoms with E-state index in [1.165, 1.54) is 59.9 Å². The maximum absolute atomic E-state index is 5.50. The largest absolute Gasteiger partial charge is 1.00 e. The van der Waals surface area contributed by atoms with Crippen molar-refractivity contribution in [2.45, 2.75) is 45.4 Å². The van der Waals surface area contributed by atoms with Crippen LogP contribution in [0.4, 0.5) is 0 Å². The molecule has 1 unspecified atom stereocenters. The summed E-state index contributed by atoms with van der Waals surface area (Å²) < 4.78 is 10.9. The van der Waals surface area contributed by atoms with E-state index >= 15 is 0 Å². The molecule has 1 aromatic heterocycles. The van der Waals surface area contributed by atoms with E-state index in [9.17, 15) is 0 Å². The van der Waals surface area contributed by atoms with Crippen LogP contribution < -0.4 is 28.1 Å². The average molecular weight is 555 g/mol. The zero-order chi connectivity index (χ0) is 20.8. The third kappa shape index (κ3) is 4.36. The van der Waals surface area contributed by atoms with Gasteiger partial charge in [-0.25, -0.2) is 0 Å².